The van der Waals surface area contributed by atoms with Crippen molar-refractivity contribution in [2.45, 2.75) is 33.9 Å². The van der Waals surface area contributed by atoms with E-state index < -0.39 is 12.9 Å². The summed E-state index contributed by atoms with van der Waals surface area (Å²) < 4.78 is 3.96. The molecule has 0 aliphatic heterocycles. The van der Waals surface area contributed by atoms with E-state index in [-0.39, 0.29) is 0 Å². The summed E-state index contributed by atoms with van der Waals surface area (Å²) in [5, 5.41) is 0. The maximum absolute atomic E-state index is 3.90. The first-order valence-electron chi connectivity index (χ1n) is 3.41. The molecule has 0 fully saturated rings. The summed E-state index contributed by atoms with van der Waals surface area (Å²) in [6.07, 6.45) is 0. The number of halogens is 2. The van der Waals surface area contributed by atoms with Gasteiger partial charge < -0.3 is 0 Å². The fourth-order valence-corrected chi connectivity index (χ4v) is 4.50. The third-order valence-electron chi connectivity index (χ3n) is 2.06. The summed E-state index contributed by atoms with van der Waals surface area (Å²) in [6, 6.07) is 0. The summed E-state index contributed by atoms with van der Waals surface area (Å²) in [4.78, 5) is 0. The molecule has 0 spiro atoms. The topological polar surface area (TPSA) is 0 Å². The number of rotatable bonds is 3. The Morgan fingerprint density at radius 3 is 1.11 bits per heavy atom. The second kappa shape index (κ2) is 3.45. The zero-order chi connectivity index (χ0) is 7.57. The third kappa shape index (κ3) is 3.12. The van der Waals surface area contributed by atoms with E-state index >= 15 is 0 Å². The van der Waals surface area contributed by atoms with Gasteiger partial charge in [-0.25, -0.2) is 0 Å². The first-order valence-corrected chi connectivity index (χ1v) is 20.3. The molecular formula is C6H15Br2Sb. The fraction of sp³-hybridized carbons (Fsp3) is 1.00. The van der Waals surface area contributed by atoms with Crippen LogP contribution >= 0.6 is 25.2 Å². The minimum atomic E-state index is -2.24. The van der Waals surface area contributed by atoms with Crippen molar-refractivity contribution in [1.29, 1.82) is 0 Å². The molecule has 0 aliphatic rings. The van der Waals surface area contributed by atoms with Gasteiger partial charge in [-0.15, -0.1) is 0 Å². The molecule has 0 aromatic carbocycles. The van der Waals surface area contributed by atoms with Crippen molar-refractivity contribution in [2.24, 2.45) is 0 Å². The van der Waals surface area contributed by atoms with Gasteiger partial charge in [0.25, 0.3) is 0 Å². The zero-order valence-electron chi connectivity index (χ0n) is 6.32. The van der Waals surface area contributed by atoms with Gasteiger partial charge in [0.15, 0.2) is 0 Å². The van der Waals surface area contributed by atoms with Crippen molar-refractivity contribution < 1.29 is 0 Å². The van der Waals surface area contributed by atoms with Crippen LogP contribution in [0.5, 0.6) is 0 Å². The van der Waals surface area contributed by atoms with E-state index in [1.165, 1.54) is 13.1 Å². The summed E-state index contributed by atoms with van der Waals surface area (Å²) in [7, 11) is 0. The van der Waals surface area contributed by atoms with E-state index in [0.717, 1.165) is 0 Å². The first kappa shape index (κ1) is 10.8. The second-order valence-electron chi connectivity index (χ2n) is 2.40. The van der Waals surface area contributed by atoms with Crippen molar-refractivity contribution in [1.82, 2.24) is 0 Å². The molecule has 0 saturated heterocycles. The molecule has 0 N–H and O–H groups in total. The van der Waals surface area contributed by atoms with Crippen LogP contribution in [0.2, 0.25) is 13.1 Å². The maximum atomic E-state index is 3.90. The molecule has 0 radical (unpaired) electrons. The fourth-order valence-electron chi connectivity index (χ4n) is 0.671. The summed E-state index contributed by atoms with van der Waals surface area (Å²) in [5.41, 5.74) is 0. The van der Waals surface area contributed by atoms with E-state index in [4.69, 9.17) is 0 Å². The van der Waals surface area contributed by atoms with Crippen molar-refractivity contribution in [2.75, 3.05) is 0 Å². The van der Waals surface area contributed by atoms with E-state index in [0.29, 0.717) is 0 Å². The van der Waals surface area contributed by atoms with Crippen LogP contribution in [0.1, 0.15) is 20.8 Å². The van der Waals surface area contributed by atoms with Crippen LogP contribution < -0.4 is 0 Å². The van der Waals surface area contributed by atoms with Crippen LogP contribution in [0.15, 0.2) is 0 Å². The molecule has 0 unspecified atom stereocenters. The molecule has 0 aliphatic carbocycles. The monoisotopic (exact) mass is 366 g/mol. The average Bonchev–Trinajstić information content (AvgIpc) is 1.90. The molecule has 0 aromatic rings. The molecule has 0 aromatic heterocycles. The SMILES string of the molecule is C[CH2][Sb]([Br])([Br])([CH2]C)[CH2]C. The summed E-state index contributed by atoms with van der Waals surface area (Å²) in [5.74, 6) is 0. The van der Waals surface area contributed by atoms with E-state index in [1.807, 2.05) is 0 Å². The van der Waals surface area contributed by atoms with E-state index in [2.05, 4.69) is 46.0 Å². The Labute approximate surface area is 71.2 Å². The van der Waals surface area contributed by atoms with Crippen LogP contribution in [-0.4, -0.2) is 12.9 Å². The van der Waals surface area contributed by atoms with Gasteiger partial charge in [-0.2, -0.15) is 0 Å². The molecular weight excluding hydrogens is 354 g/mol. The Morgan fingerprint density at radius 2 is 1.11 bits per heavy atom. The molecule has 58 valence electrons. The molecule has 0 amide bonds. The van der Waals surface area contributed by atoms with Gasteiger partial charge in [0.05, 0.1) is 0 Å². The Kier molecular flexibility index (Phi) is 4.13. The van der Waals surface area contributed by atoms with Gasteiger partial charge in [-0.05, 0) is 0 Å². The third-order valence-corrected chi connectivity index (χ3v) is 34.0. The van der Waals surface area contributed by atoms with Gasteiger partial charge >= 0.3 is 72.0 Å². The van der Waals surface area contributed by atoms with Gasteiger partial charge in [0.2, 0.25) is 0 Å². The van der Waals surface area contributed by atoms with Crippen LogP contribution in [0.25, 0.3) is 0 Å². The normalized spacial score (nSPS) is 16.8. The van der Waals surface area contributed by atoms with Gasteiger partial charge in [-0.1, -0.05) is 0 Å². The zero-order valence-corrected chi connectivity index (χ0v) is 12.0. The number of hydrogen-bond acceptors (Lipinski definition) is 0. The average molecular weight is 369 g/mol. The van der Waals surface area contributed by atoms with Crippen LogP contribution in [-0.2, 0) is 0 Å². The minimum absolute atomic E-state index is 1.32. The summed E-state index contributed by atoms with van der Waals surface area (Å²) in [6.45, 7) is 6.83. The molecule has 0 atom stereocenters. The van der Waals surface area contributed by atoms with Crippen LogP contribution in [0.4, 0.5) is 0 Å². The van der Waals surface area contributed by atoms with Crippen molar-refractivity contribution in [3.8, 4) is 0 Å². The Hall–Kier alpha value is 1.78. The van der Waals surface area contributed by atoms with Crippen LogP contribution in [0.3, 0.4) is 0 Å². The van der Waals surface area contributed by atoms with Crippen molar-refractivity contribution >= 4 is 38.1 Å². The van der Waals surface area contributed by atoms with Gasteiger partial charge in [0.1, 0.15) is 0 Å². The Balaban J connectivity index is 4.20. The van der Waals surface area contributed by atoms with Crippen LogP contribution in [0, 0.1) is 0 Å². The second-order valence-corrected chi connectivity index (χ2v) is 47.4. The van der Waals surface area contributed by atoms with E-state index in [1.54, 1.807) is 0 Å². The predicted octanol–water partition coefficient (Wildman–Crippen LogP) is 4.23. The Bertz CT molecular complexity index is 82.2. The number of hydrogen-bond donors (Lipinski definition) is 0. The summed E-state index contributed by atoms with van der Waals surface area (Å²) >= 11 is 5.57. The van der Waals surface area contributed by atoms with E-state index in [9.17, 15) is 0 Å². The molecule has 0 heterocycles. The molecule has 0 saturated carbocycles. The van der Waals surface area contributed by atoms with Crippen molar-refractivity contribution in [3.05, 3.63) is 0 Å². The standard InChI is InChI=1S/3C2H5.2BrH.Sb/c3*1-2;;;/h3*1H2,2H3;2*1H;/q;;;;;+2/p-2. The van der Waals surface area contributed by atoms with Gasteiger partial charge in [0, 0.05) is 0 Å². The predicted molar refractivity (Wildman–Crippen MR) is 55.1 cm³/mol. The van der Waals surface area contributed by atoms with Gasteiger partial charge in [-0.3, -0.25) is 0 Å². The molecule has 0 rings (SSSR count). The first-order chi connectivity index (χ1) is 3.96. The molecule has 0 nitrogen and oxygen atoms in total. The molecule has 0 bridgehead atoms. The quantitative estimate of drug-likeness (QED) is 0.654. The molecule has 3 heteroatoms. The van der Waals surface area contributed by atoms with Crippen molar-refractivity contribution in [3.63, 3.8) is 0 Å². The molecule has 9 heavy (non-hydrogen) atoms. The Morgan fingerprint density at radius 1 is 0.889 bits per heavy atom.